The molecule has 0 aromatic rings. The van der Waals surface area contributed by atoms with E-state index in [9.17, 15) is 9.59 Å². The third kappa shape index (κ3) is 2.28. The first-order valence-electron chi connectivity index (χ1n) is 4.97. The van der Waals surface area contributed by atoms with Gasteiger partial charge in [0, 0.05) is 13.1 Å². The molecule has 15 heavy (non-hydrogen) atoms. The molecule has 0 N–H and O–H groups in total. The highest BCUT2D eigenvalue weighted by atomic mass is 16.5. The molecular weight excluding hydrogens is 196 g/mol. The molecule has 1 saturated heterocycles. The number of nitrogens with zero attached hydrogens (tertiary/aromatic N) is 2. The van der Waals surface area contributed by atoms with Crippen LogP contribution in [0.15, 0.2) is 0 Å². The van der Waals surface area contributed by atoms with Gasteiger partial charge in [-0.1, -0.05) is 0 Å². The van der Waals surface area contributed by atoms with Crippen LogP contribution in [0.5, 0.6) is 0 Å². The smallest absolute Gasteiger partial charge is 0.325 e. The van der Waals surface area contributed by atoms with Crippen LogP contribution in [0.4, 0.5) is 0 Å². The van der Waals surface area contributed by atoms with E-state index in [2.05, 4.69) is 4.74 Å². The number of piperazine rings is 1. The largest absolute Gasteiger partial charge is 0.468 e. The van der Waals surface area contributed by atoms with E-state index in [-0.39, 0.29) is 18.4 Å². The number of carbonyl (C=O) groups is 2. The maximum Gasteiger partial charge on any atom is 0.325 e. The van der Waals surface area contributed by atoms with E-state index in [1.54, 1.807) is 4.90 Å². The topological polar surface area (TPSA) is 49.9 Å². The number of methoxy groups -OCH3 is 1. The van der Waals surface area contributed by atoms with E-state index < -0.39 is 5.54 Å². The molecule has 1 fully saturated rings. The number of hydrogen-bond donors (Lipinski definition) is 0. The van der Waals surface area contributed by atoms with Crippen molar-refractivity contribution in [3.05, 3.63) is 0 Å². The molecule has 0 unspecified atom stereocenters. The molecule has 1 heterocycles. The van der Waals surface area contributed by atoms with Crippen molar-refractivity contribution >= 4 is 11.9 Å². The quantitative estimate of drug-likeness (QED) is 0.593. The minimum atomic E-state index is -0.535. The van der Waals surface area contributed by atoms with Gasteiger partial charge in [-0.15, -0.1) is 0 Å². The Morgan fingerprint density at radius 1 is 1.47 bits per heavy atom. The molecule has 0 aromatic heterocycles. The molecule has 0 spiro atoms. The van der Waals surface area contributed by atoms with E-state index in [0.717, 1.165) is 6.54 Å². The second-order valence-electron chi connectivity index (χ2n) is 4.28. The fourth-order valence-electron chi connectivity index (χ4n) is 1.57. The Labute approximate surface area is 90.0 Å². The van der Waals surface area contributed by atoms with Crippen LogP contribution >= 0.6 is 0 Å². The summed E-state index contributed by atoms with van der Waals surface area (Å²) in [4.78, 5) is 26.6. The molecule has 0 aromatic carbocycles. The number of esters is 1. The maximum absolute atomic E-state index is 12.0. The van der Waals surface area contributed by atoms with Crippen molar-refractivity contribution in [3.63, 3.8) is 0 Å². The lowest BCUT2D eigenvalue weighted by Crippen LogP contribution is -2.62. The molecule has 86 valence electrons. The molecule has 5 heteroatoms. The first-order valence-corrected chi connectivity index (χ1v) is 4.97. The van der Waals surface area contributed by atoms with Crippen LogP contribution in [0.1, 0.15) is 13.8 Å². The monoisotopic (exact) mass is 214 g/mol. The number of rotatable bonds is 2. The van der Waals surface area contributed by atoms with Crippen LogP contribution in [0.2, 0.25) is 0 Å². The summed E-state index contributed by atoms with van der Waals surface area (Å²) in [7, 11) is 3.24. The first kappa shape index (κ1) is 12.0. The zero-order valence-electron chi connectivity index (χ0n) is 9.74. The molecule has 1 aliphatic heterocycles. The maximum atomic E-state index is 12.0. The lowest BCUT2D eigenvalue weighted by Gasteiger charge is -2.43. The Hall–Kier alpha value is -1.10. The zero-order chi connectivity index (χ0) is 11.6. The SMILES string of the molecule is COC(=O)CN1CCN(C)C(C)(C)C1=O. The van der Waals surface area contributed by atoms with Crippen LogP contribution in [-0.2, 0) is 14.3 Å². The number of hydrogen-bond acceptors (Lipinski definition) is 4. The third-order valence-corrected chi connectivity index (χ3v) is 3.02. The van der Waals surface area contributed by atoms with Gasteiger partial charge in [-0.05, 0) is 20.9 Å². The van der Waals surface area contributed by atoms with Crippen LogP contribution in [0.25, 0.3) is 0 Å². The Balaban J connectivity index is 2.70. The summed E-state index contributed by atoms with van der Waals surface area (Å²) in [6.45, 7) is 5.12. The summed E-state index contributed by atoms with van der Waals surface area (Å²) < 4.78 is 4.55. The standard InChI is InChI=1S/C10H18N2O3/c1-10(2)9(14)12(6-5-11(10)3)7-8(13)15-4/h5-7H2,1-4H3. The zero-order valence-corrected chi connectivity index (χ0v) is 9.74. The molecule has 0 radical (unpaired) electrons. The van der Waals surface area contributed by atoms with Gasteiger partial charge < -0.3 is 9.64 Å². The predicted molar refractivity (Wildman–Crippen MR) is 55.3 cm³/mol. The molecular formula is C10H18N2O3. The molecule has 1 rings (SSSR count). The van der Waals surface area contributed by atoms with Crippen molar-refractivity contribution in [1.29, 1.82) is 0 Å². The number of amides is 1. The fraction of sp³-hybridized carbons (Fsp3) is 0.800. The van der Waals surface area contributed by atoms with E-state index >= 15 is 0 Å². The normalized spacial score (nSPS) is 21.6. The molecule has 0 bridgehead atoms. The minimum Gasteiger partial charge on any atom is -0.468 e. The van der Waals surface area contributed by atoms with Crippen LogP contribution in [0.3, 0.4) is 0 Å². The van der Waals surface area contributed by atoms with Gasteiger partial charge in [0.2, 0.25) is 5.91 Å². The Kier molecular flexibility index (Phi) is 3.34. The van der Waals surface area contributed by atoms with Gasteiger partial charge in [0.05, 0.1) is 12.6 Å². The number of carbonyl (C=O) groups excluding carboxylic acids is 2. The number of likely N-dealkylation sites (N-methyl/N-ethyl adjacent to an activating group) is 1. The van der Waals surface area contributed by atoms with Crippen LogP contribution in [-0.4, -0.2) is 61.0 Å². The van der Waals surface area contributed by atoms with Crippen molar-refractivity contribution in [3.8, 4) is 0 Å². The Bertz CT molecular complexity index is 276. The Morgan fingerprint density at radius 2 is 2.07 bits per heavy atom. The van der Waals surface area contributed by atoms with Gasteiger partial charge in [0.15, 0.2) is 0 Å². The van der Waals surface area contributed by atoms with Crippen LogP contribution in [0, 0.1) is 0 Å². The molecule has 0 saturated carbocycles. The van der Waals surface area contributed by atoms with Crippen molar-refractivity contribution in [2.75, 3.05) is 33.8 Å². The van der Waals surface area contributed by atoms with Gasteiger partial charge in [0.25, 0.3) is 0 Å². The van der Waals surface area contributed by atoms with Gasteiger partial charge in [-0.25, -0.2) is 0 Å². The second kappa shape index (κ2) is 4.18. The van der Waals surface area contributed by atoms with Gasteiger partial charge in [0.1, 0.15) is 6.54 Å². The highest BCUT2D eigenvalue weighted by Crippen LogP contribution is 2.20. The molecule has 0 atom stereocenters. The van der Waals surface area contributed by atoms with Crippen molar-refractivity contribution in [1.82, 2.24) is 9.80 Å². The molecule has 0 aliphatic carbocycles. The van der Waals surface area contributed by atoms with Gasteiger partial charge in [-0.3, -0.25) is 14.5 Å². The van der Waals surface area contributed by atoms with Crippen molar-refractivity contribution < 1.29 is 14.3 Å². The highest BCUT2D eigenvalue weighted by molar-refractivity contribution is 5.89. The number of ether oxygens (including phenoxy) is 1. The summed E-state index contributed by atoms with van der Waals surface area (Å²) in [5.41, 5.74) is -0.535. The average molecular weight is 214 g/mol. The molecule has 5 nitrogen and oxygen atoms in total. The van der Waals surface area contributed by atoms with E-state index in [0.29, 0.717) is 6.54 Å². The van der Waals surface area contributed by atoms with Crippen molar-refractivity contribution in [2.45, 2.75) is 19.4 Å². The van der Waals surface area contributed by atoms with Gasteiger partial charge >= 0.3 is 5.97 Å². The Morgan fingerprint density at radius 3 is 2.60 bits per heavy atom. The second-order valence-corrected chi connectivity index (χ2v) is 4.28. The summed E-state index contributed by atoms with van der Waals surface area (Å²) in [5, 5.41) is 0. The summed E-state index contributed by atoms with van der Waals surface area (Å²) in [6.07, 6.45) is 0. The van der Waals surface area contributed by atoms with E-state index in [4.69, 9.17) is 0 Å². The lowest BCUT2D eigenvalue weighted by molar-refractivity contribution is -0.155. The summed E-state index contributed by atoms with van der Waals surface area (Å²) in [5.74, 6) is -0.398. The fourth-order valence-corrected chi connectivity index (χ4v) is 1.57. The average Bonchev–Trinajstić information content (AvgIpc) is 2.19. The first-order chi connectivity index (χ1) is 6.89. The van der Waals surface area contributed by atoms with E-state index in [1.165, 1.54) is 7.11 Å². The van der Waals surface area contributed by atoms with Gasteiger partial charge in [-0.2, -0.15) is 0 Å². The van der Waals surface area contributed by atoms with Crippen LogP contribution < -0.4 is 0 Å². The molecule has 1 amide bonds. The highest BCUT2D eigenvalue weighted by Gasteiger charge is 2.40. The predicted octanol–water partition coefficient (Wildman–Crippen LogP) is -0.288. The van der Waals surface area contributed by atoms with E-state index in [1.807, 2.05) is 25.8 Å². The van der Waals surface area contributed by atoms with Crippen molar-refractivity contribution in [2.24, 2.45) is 0 Å². The minimum absolute atomic E-state index is 0.0262. The molecule has 1 aliphatic rings. The summed E-state index contributed by atoms with van der Waals surface area (Å²) >= 11 is 0. The third-order valence-electron chi connectivity index (χ3n) is 3.02. The lowest BCUT2D eigenvalue weighted by atomic mass is 9.98. The summed E-state index contributed by atoms with van der Waals surface area (Å²) in [6, 6.07) is 0.